The second kappa shape index (κ2) is 4.17. The molecule has 0 saturated heterocycles. The Labute approximate surface area is 116 Å². The zero-order valence-electron chi connectivity index (χ0n) is 10.8. The van der Waals surface area contributed by atoms with Crippen LogP contribution in [0.5, 0.6) is 0 Å². The van der Waals surface area contributed by atoms with E-state index in [9.17, 15) is 4.79 Å². The largest absolute Gasteiger partial charge is 0.298 e. The minimum absolute atomic E-state index is 0.753. The Hall–Kier alpha value is -2.67. The number of carbonyl (C=O) groups is 1. The number of fused-ring (bicyclic) bond motifs is 4. The summed E-state index contributed by atoms with van der Waals surface area (Å²) in [4.78, 5) is 11.3. The summed E-state index contributed by atoms with van der Waals surface area (Å²) in [6.07, 6.45) is 0.941. The van der Waals surface area contributed by atoms with Gasteiger partial charge < -0.3 is 0 Å². The average Bonchev–Trinajstić information content (AvgIpc) is 2.52. The predicted molar refractivity (Wildman–Crippen MR) is 84.3 cm³/mol. The molecule has 0 fully saturated rings. The summed E-state index contributed by atoms with van der Waals surface area (Å²) in [6, 6.07) is 22.7. The highest BCUT2D eigenvalue weighted by molar-refractivity contribution is 6.16. The molecule has 0 aliphatic carbocycles. The monoisotopic (exact) mass is 256 g/mol. The fraction of sp³-hybridized carbons (Fsp3) is 0. The van der Waals surface area contributed by atoms with Crippen LogP contribution in [0.3, 0.4) is 0 Å². The molecule has 0 spiro atoms. The molecule has 94 valence electrons. The van der Waals surface area contributed by atoms with Gasteiger partial charge in [0.05, 0.1) is 0 Å². The Bertz CT molecular complexity index is 967. The van der Waals surface area contributed by atoms with Crippen molar-refractivity contribution in [2.45, 2.75) is 0 Å². The molecule has 0 N–H and O–H groups in total. The maximum atomic E-state index is 11.3. The smallest absolute Gasteiger partial charge is 0.150 e. The van der Waals surface area contributed by atoms with Crippen LogP contribution in [-0.2, 0) is 0 Å². The molecule has 4 aromatic rings. The van der Waals surface area contributed by atoms with Gasteiger partial charge in [-0.2, -0.15) is 0 Å². The normalized spacial score (nSPS) is 11.2. The number of aldehydes is 1. The lowest BCUT2D eigenvalue weighted by atomic mass is 9.96. The van der Waals surface area contributed by atoms with Crippen molar-refractivity contribution in [3.8, 4) is 0 Å². The van der Waals surface area contributed by atoms with Gasteiger partial charge in [-0.15, -0.1) is 0 Å². The van der Waals surface area contributed by atoms with Crippen LogP contribution in [0.4, 0.5) is 0 Å². The highest BCUT2D eigenvalue weighted by atomic mass is 16.1. The van der Waals surface area contributed by atoms with Gasteiger partial charge >= 0.3 is 0 Å². The van der Waals surface area contributed by atoms with Gasteiger partial charge in [-0.1, -0.05) is 54.6 Å². The van der Waals surface area contributed by atoms with Crippen molar-refractivity contribution in [3.63, 3.8) is 0 Å². The zero-order valence-corrected chi connectivity index (χ0v) is 10.8. The highest BCUT2D eigenvalue weighted by Crippen LogP contribution is 2.31. The van der Waals surface area contributed by atoms with Gasteiger partial charge in [-0.3, -0.25) is 4.79 Å². The molecule has 0 bridgehead atoms. The lowest BCUT2D eigenvalue weighted by Gasteiger charge is -2.08. The third-order valence-electron chi connectivity index (χ3n) is 3.89. The van der Waals surface area contributed by atoms with Crippen molar-refractivity contribution in [3.05, 3.63) is 72.3 Å². The Morgan fingerprint density at radius 3 is 2.15 bits per heavy atom. The summed E-state index contributed by atoms with van der Waals surface area (Å²) in [5.74, 6) is 0. The standard InChI is InChI=1S/C19H12O/c20-12-17-7-3-6-13-8-9-16-10-14-4-1-2-5-15(14)11-18(16)19(13)17/h1-12H. The van der Waals surface area contributed by atoms with Crippen LogP contribution in [0.25, 0.3) is 32.3 Å². The first kappa shape index (κ1) is 11.2. The van der Waals surface area contributed by atoms with Crippen LogP contribution in [0.2, 0.25) is 0 Å². The highest BCUT2D eigenvalue weighted by Gasteiger charge is 2.06. The molecule has 4 rings (SSSR count). The summed E-state index contributed by atoms with van der Waals surface area (Å²) in [7, 11) is 0. The van der Waals surface area contributed by atoms with Gasteiger partial charge in [0.2, 0.25) is 0 Å². The summed E-state index contributed by atoms with van der Waals surface area (Å²) in [6.45, 7) is 0. The van der Waals surface area contributed by atoms with Crippen molar-refractivity contribution in [2.24, 2.45) is 0 Å². The first-order chi connectivity index (χ1) is 9.86. The minimum atomic E-state index is 0.753. The molecule has 20 heavy (non-hydrogen) atoms. The van der Waals surface area contributed by atoms with Gasteiger partial charge in [0.1, 0.15) is 0 Å². The maximum Gasteiger partial charge on any atom is 0.150 e. The van der Waals surface area contributed by atoms with Crippen LogP contribution in [0, 0.1) is 0 Å². The Balaban J connectivity index is 2.28. The van der Waals surface area contributed by atoms with E-state index in [1.807, 2.05) is 24.3 Å². The van der Waals surface area contributed by atoms with Crippen molar-refractivity contribution in [2.75, 3.05) is 0 Å². The fourth-order valence-electron chi connectivity index (χ4n) is 2.93. The summed E-state index contributed by atoms with van der Waals surface area (Å²) >= 11 is 0. The van der Waals surface area contributed by atoms with E-state index < -0.39 is 0 Å². The molecule has 0 aliphatic heterocycles. The van der Waals surface area contributed by atoms with E-state index in [1.165, 1.54) is 16.2 Å². The topological polar surface area (TPSA) is 17.1 Å². The van der Waals surface area contributed by atoms with Gasteiger partial charge in [-0.05, 0) is 39.1 Å². The second-order valence-electron chi connectivity index (χ2n) is 5.05. The zero-order chi connectivity index (χ0) is 13.5. The molecular formula is C19H12O. The molecular weight excluding hydrogens is 244 g/mol. The van der Waals surface area contributed by atoms with Crippen molar-refractivity contribution in [1.82, 2.24) is 0 Å². The van der Waals surface area contributed by atoms with Crippen LogP contribution in [-0.4, -0.2) is 6.29 Å². The molecule has 1 heteroatoms. The van der Waals surface area contributed by atoms with Gasteiger partial charge in [-0.25, -0.2) is 0 Å². The Kier molecular flexibility index (Phi) is 2.33. The number of rotatable bonds is 1. The SMILES string of the molecule is O=Cc1cccc2ccc3cc4ccccc4cc3c12. The molecule has 0 saturated carbocycles. The molecule has 0 aliphatic rings. The van der Waals surface area contributed by atoms with Gasteiger partial charge in [0.25, 0.3) is 0 Å². The van der Waals surface area contributed by atoms with Crippen molar-refractivity contribution >= 4 is 38.6 Å². The molecule has 0 atom stereocenters. The molecule has 4 aromatic carbocycles. The third kappa shape index (κ3) is 1.53. The van der Waals surface area contributed by atoms with E-state index in [4.69, 9.17) is 0 Å². The van der Waals surface area contributed by atoms with E-state index >= 15 is 0 Å². The Morgan fingerprint density at radius 2 is 1.35 bits per heavy atom. The first-order valence-corrected chi connectivity index (χ1v) is 6.66. The predicted octanol–water partition coefficient (Wildman–Crippen LogP) is 4.96. The Morgan fingerprint density at radius 1 is 0.650 bits per heavy atom. The quantitative estimate of drug-likeness (QED) is 0.267. The average molecular weight is 256 g/mol. The minimum Gasteiger partial charge on any atom is -0.298 e. The van der Waals surface area contributed by atoms with E-state index in [1.54, 1.807) is 0 Å². The lowest BCUT2D eigenvalue weighted by Crippen LogP contribution is -1.86. The van der Waals surface area contributed by atoms with E-state index in [0.717, 1.165) is 28.0 Å². The third-order valence-corrected chi connectivity index (χ3v) is 3.89. The molecule has 0 heterocycles. The van der Waals surface area contributed by atoms with Crippen LogP contribution in [0.15, 0.2) is 66.7 Å². The summed E-state index contributed by atoms with van der Waals surface area (Å²) in [5.41, 5.74) is 0.753. The first-order valence-electron chi connectivity index (χ1n) is 6.66. The van der Waals surface area contributed by atoms with Crippen molar-refractivity contribution in [1.29, 1.82) is 0 Å². The molecule has 0 unspecified atom stereocenters. The van der Waals surface area contributed by atoms with Crippen LogP contribution >= 0.6 is 0 Å². The van der Waals surface area contributed by atoms with E-state index in [0.29, 0.717) is 0 Å². The fourth-order valence-corrected chi connectivity index (χ4v) is 2.93. The van der Waals surface area contributed by atoms with E-state index in [2.05, 4.69) is 42.5 Å². The molecule has 0 radical (unpaired) electrons. The van der Waals surface area contributed by atoms with Crippen molar-refractivity contribution < 1.29 is 4.79 Å². The number of hydrogen-bond donors (Lipinski definition) is 0. The molecule has 0 amide bonds. The number of hydrogen-bond acceptors (Lipinski definition) is 1. The summed E-state index contributed by atoms with van der Waals surface area (Å²) < 4.78 is 0. The second-order valence-corrected chi connectivity index (χ2v) is 5.05. The van der Waals surface area contributed by atoms with Gasteiger partial charge in [0.15, 0.2) is 6.29 Å². The number of carbonyl (C=O) groups excluding carboxylic acids is 1. The summed E-state index contributed by atoms with van der Waals surface area (Å²) in [5, 5.41) is 6.90. The molecule has 0 aromatic heterocycles. The maximum absolute atomic E-state index is 11.3. The molecule has 1 nitrogen and oxygen atoms in total. The van der Waals surface area contributed by atoms with E-state index in [-0.39, 0.29) is 0 Å². The lowest BCUT2D eigenvalue weighted by molar-refractivity contribution is 0.112. The van der Waals surface area contributed by atoms with Crippen LogP contribution < -0.4 is 0 Å². The number of benzene rings is 4. The van der Waals surface area contributed by atoms with Crippen LogP contribution in [0.1, 0.15) is 10.4 Å². The van der Waals surface area contributed by atoms with Gasteiger partial charge in [0, 0.05) is 10.9 Å².